The highest BCUT2D eigenvalue weighted by Crippen LogP contribution is 2.26. The van der Waals surface area contributed by atoms with Crippen molar-refractivity contribution in [1.82, 2.24) is 9.88 Å². The van der Waals surface area contributed by atoms with Crippen molar-refractivity contribution in [3.63, 3.8) is 0 Å². The molecule has 1 heterocycles. The number of nitrogens with zero attached hydrogens (tertiary/aromatic N) is 2. The van der Waals surface area contributed by atoms with Crippen LogP contribution in [0.2, 0.25) is 0 Å². The molecule has 0 fully saturated rings. The molecule has 6 heteroatoms. The van der Waals surface area contributed by atoms with Gasteiger partial charge in [0.2, 0.25) is 0 Å². The van der Waals surface area contributed by atoms with Crippen molar-refractivity contribution in [2.24, 2.45) is 0 Å². The lowest BCUT2D eigenvalue weighted by atomic mass is 10.2. The first-order valence-electron chi connectivity index (χ1n) is 5.61. The smallest absolute Gasteiger partial charge is 0.273 e. The highest BCUT2D eigenvalue weighted by atomic mass is 32.1. The number of methoxy groups -OCH3 is 1. The van der Waals surface area contributed by atoms with Crippen molar-refractivity contribution in [3.8, 4) is 11.5 Å². The minimum atomic E-state index is -0.142. The van der Waals surface area contributed by atoms with Crippen LogP contribution in [-0.4, -0.2) is 35.1 Å². The summed E-state index contributed by atoms with van der Waals surface area (Å²) in [5, 5.41) is 11.4. The fraction of sp³-hybridized carbons (Fsp3) is 0.231. The molecular weight excluding hydrogens is 264 g/mol. The Morgan fingerprint density at radius 1 is 1.53 bits per heavy atom. The van der Waals surface area contributed by atoms with Gasteiger partial charge in [-0.3, -0.25) is 4.79 Å². The molecule has 5 nitrogen and oxygen atoms in total. The maximum absolute atomic E-state index is 12.0. The quantitative estimate of drug-likeness (QED) is 0.930. The van der Waals surface area contributed by atoms with E-state index in [1.54, 1.807) is 35.0 Å². The van der Waals surface area contributed by atoms with Crippen LogP contribution in [0.1, 0.15) is 16.1 Å². The number of phenolic OH excluding ortho intramolecular Hbond substituents is 1. The van der Waals surface area contributed by atoms with E-state index in [9.17, 15) is 9.90 Å². The monoisotopic (exact) mass is 278 g/mol. The minimum absolute atomic E-state index is 0.0644. The number of amides is 1. The van der Waals surface area contributed by atoms with Gasteiger partial charge < -0.3 is 14.7 Å². The van der Waals surface area contributed by atoms with E-state index in [-0.39, 0.29) is 11.7 Å². The zero-order valence-electron chi connectivity index (χ0n) is 10.7. The lowest BCUT2D eigenvalue weighted by Crippen LogP contribution is -2.26. The summed E-state index contributed by atoms with van der Waals surface area (Å²) >= 11 is 1.38. The summed E-state index contributed by atoms with van der Waals surface area (Å²) in [5.41, 5.74) is 2.88. The lowest BCUT2D eigenvalue weighted by Gasteiger charge is -2.16. The Hall–Kier alpha value is -2.08. The number of benzene rings is 1. The van der Waals surface area contributed by atoms with E-state index < -0.39 is 0 Å². The number of rotatable bonds is 4. The van der Waals surface area contributed by atoms with Gasteiger partial charge in [0.05, 0.1) is 12.6 Å². The second-order valence-corrected chi connectivity index (χ2v) is 4.76. The maximum atomic E-state index is 12.0. The molecule has 0 aliphatic heterocycles. The van der Waals surface area contributed by atoms with Gasteiger partial charge in [-0.15, -0.1) is 11.3 Å². The number of phenols is 1. The summed E-state index contributed by atoms with van der Waals surface area (Å²) in [5.74, 6) is 0.336. The predicted molar refractivity (Wildman–Crippen MR) is 72.6 cm³/mol. The number of ether oxygens (including phenoxy) is 1. The van der Waals surface area contributed by atoms with Crippen LogP contribution in [0.4, 0.5) is 0 Å². The van der Waals surface area contributed by atoms with Gasteiger partial charge in [-0.1, -0.05) is 6.07 Å². The van der Waals surface area contributed by atoms with E-state index in [1.165, 1.54) is 18.4 Å². The topological polar surface area (TPSA) is 62.7 Å². The summed E-state index contributed by atoms with van der Waals surface area (Å²) in [6.07, 6.45) is 0. The molecule has 0 unspecified atom stereocenters. The van der Waals surface area contributed by atoms with Crippen LogP contribution in [-0.2, 0) is 6.54 Å². The van der Waals surface area contributed by atoms with Crippen molar-refractivity contribution in [2.45, 2.75) is 6.54 Å². The van der Waals surface area contributed by atoms with Crippen LogP contribution in [0.5, 0.6) is 11.5 Å². The van der Waals surface area contributed by atoms with Crippen molar-refractivity contribution in [1.29, 1.82) is 0 Å². The fourth-order valence-corrected chi connectivity index (χ4v) is 2.22. The zero-order chi connectivity index (χ0) is 13.8. The first-order valence-corrected chi connectivity index (χ1v) is 6.55. The molecular formula is C13H14N2O3S. The van der Waals surface area contributed by atoms with Crippen LogP contribution in [0.25, 0.3) is 0 Å². The average Bonchev–Trinajstić information content (AvgIpc) is 2.92. The Morgan fingerprint density at radius 2 is 2.32 bits per heavy atom. The molecule has 19 heavy (non-hydrogen) atoms. The largest absolute Gasteiger partial charge is 0.504 e. The van der Waals surface area contributed by atoms with Gasteiger partial charge in [0, 0.05) is 19.0 Å². The zero-order valence-corrected chi connectivity index (χ0v) is 11.5. The summed E-state index contributed by atoms with van der Waals surface area (Å²) in [7, 11) is 3.19. The number of carbonyl (C=O) groups is 1. The highest BCUT2D eigenvalue weighted by Gasteiger charge is 2.14. The molecule has 1 N–H and O–H groups in total. The minimum Gasteiger partial charge on any atom is -0.504 e. The molecule has 0 aliphatic rings. The number of aromatic nitrogens is 1. The Kier molecular flexibility index (Phi) is 4.01. The fourth-order valence-electron chi connectivity index (χ4n) is 1.69. The summed E-state index contributed by atoms with van der Waals surface area (Å²) in [6.45, 7) is 0.397. The van der Waals surface area contributed by atoms with Gasteiger partial charge in [-0.05, 0) is 17.7 Å². The third-order valence-corrected chi connectivity index (χ3v) is 3.25. The van der Waals surface area contributed by atoms with E-state index in [2.05, 4.69) is 4.98 Å². The Bertz CT molecular complexity index is 569. The molecule has 1 amide bonds. The molecule has 1 aromatic heterocycles. The van der Waals surface area contributed by atoms with Crippen LogP contribution in [0, 0.1) is 0 Å². The molecule has 0 saturated carbocycles. The van der Waals surface area contributed by atoms with Gasteiger partial charge in [-0.2, -0.15) is 0 Å². The van der Waals surface area contributed by atoms with E-state index in [0.717, 1.165) is 5.56 Å². The second kappa shape index (κ2) is 5.71. The SMILES string of the molecule is COc1ccc(CN(C)C(=O)c2cscn2)cc1O. The third-order valence-electron chi connectivity index (χ3n) is 2.66. The molecule has 100 valence electrons. The lowest BCUT2D eigenvalue weighted by molar-refractivity contribution is 0.0780. The standard InChI is InChI=1S/C13H14N2O3S/c1-15(13(17)10-7-19-8-14-10)6-9-3-4-12(18-2)11(16)5-9/h3-5,7-8,16H,6H2,1-2H3. The molecule has 2 aromatic rings. The van der Waals surface area contributed by atoms with Crippen molar-refractivity contribution < 1.29 is 14.6 Å². The number of aromatic hydroxyl groups is 1. The van der Waals surface area contributed by atoms with Gasteiger partial charge >= 0.3 is 0 Å². The second-order valence-electron chi connectivity index (χ2n) is 4.04. The van der Waals surface area contributed by atoms with Gasteiger partial charge in [0.25, 0.3) is 5.91 Å². The average molecular weight is 278 g/mol. The van der Waals surface area contributed by atoms with Crippen molar-refractivity contribution >= 4 is 17.2 Å². The van der Waals surface area contributed by atoms with E-state index >= 15 is 0 Å². The number of thiazole rings is 1. The third kappa shape index (κ3) is 3.03. The predicted octanol–water partition coefficient (Wildman–Crippen LogP) is 2.13. The van der Waals surface area contributed by atoms with Crippen LogP contribution in [0.15, 0.2) is 29.1 Å². The normalized spacial score (nSPS) is 10.2. The molecule has 1 aromatic carbocycles. The van der Waals surface area contributed by atoms with Crippen molar-refractivity contribution in [3.05, 3.63) is 40.3 Å². The van der Waals surface area contributed by atoms with Gasteiger partial charge in [0.1, 0.15) is 5.69 Å². The molecule has 0 saturated heterocycles. The molecule has 2 rings (SSSR count). The molecule has 0 spiro atoms. The highest BCUT2D eigenvalue weighted by molar-refractivity contribution is 7.07. The molecule has 0 atom stereocenters. The van der Waals surface area contributed by atoms with Gasteiger partial charge in [0.15, 0.2) is 11.5 Å². The summed E-state index contributed by atoms with van der Waals surface area (Å²) < 4.78 is 4.97. The first kappa shape index (κ1) is 13.4. The van der Waals surface area contributed by atoms with Crippen LogP contribution < -0.4 is 4.74 Å². The van der Waals surface area contributed by atoms with E-state index in [1.807, 2.05) is 6.07 Å². The summed E-state index contributed by atoms with van der Waals surface area (Å²) in [4.78, 5) is 17.5. The maximum Gasteiger partial charge on any atom is 0.273 e. The summed E-state index contributed by atoms with van der Waals surface area (Å²) in [6, 6.07) is 5.07. The van der Waals surface area contributed by atoms with Crippen molar-refractivity contribution in [2.75, 3.05) is 14.2 Å². The Morgan fingerprint density at radius 3 is 2.89 bits per heavy atom. The number of hydrogen-bond acceptors (Lipinski definition) is 5. The number of hydrogen-bond donors (Lipinski definition) is 1. The molecule has 0 bridgehead atoms. The van der Waals surface area contributed by atoms with E-state index in [0.29, 0.717) is 18.0 Å². The van der Waals surface area contributed by atoms with Crippen LogP contribution in [0.3, 0.4) is 0 Å². The van der Waals surface area contributed by atoms with E-state index in [4.69, 9.17) is 4.74 Å². The molecule has 0 aliphatic carbocycles. The number of carbonyl (C=O) groups excluding carboxylic acids is 1. The Labute approximate surface area is 115 Å². The van der Waals surface area contributed by atoms with Gasteiger partial charge in [-0.25, -0.2) is 4.98 Å². The molecule has 0 radical (unpaired) electrons. The Balaban J connectivity index is 2.08. The first-order chi connectivity index (χ1) is 9.11. The van der Waals surface area contributed by atoms with Crippen LogP contribution >= 0.6 is 11.3 Å².